The molecule has 4 aromatic rings. The smallest absolute Gasteiger partial charge is 0.275 e. The third kappa shape index (κ3) is 5.97. The van der Waals surface area contributed by atoms with Gasteiger partial charge in [-0.25, -0.2) is 13.8 Å². The molecule has 1 fully saturated rings. The van der Waals surface area contributed by atoms with Crippen molar-refractivity contribution in [1.82, 2.24) is 9.88 Å². The molecule has 0 bridgehead atoms. The number of piperidine rings is 1. The molecule has 2 amide bonds. The molecule has 1 aromatic heterocycles. The Kier molecular flexibility index (Phi) is 7.89. The number of likely N-dealkylation sites (tertiary alicyclic amines) is 1. The molecule has 0 saturated carbocycles. The summed E-state index contributed by atoms with van der Waals surface area (Å²) in [5.41, 5.74) is 3.69. The van der Waals surface area contributed by atoms with Gasteiger partial charge in [-0.2, -0.15) is 0 Å². The molecule has 1 N–H and O–H groups in total. The quantitative estimate of drug-likeness (QED) is 0.289. The zero-order chi connectivity index (χ0) is 26.5. The molecule has 194 valence electrons. The molecule has 0 radical (unpaired) electrons. The summed E-state index contributed by atoms with van der Waals surface area (Å²) < 4.78 is 26.5. The van der Waals surface area contributed by atoms with E-state index in [-0.39, 0.29) is 24.2 Å². The number of aryl methyl sites for hydroxylation is 1. The molecule has 3 aromatic carbocycles. The van der Waals surface area contributed by atoms with Crippen LogP contribution >= 0.6 is 11.3 Å². The van der Waals surface area contributed by atoms with Crippen LogP contribution in [0.4, 0.5) is 14.5 Å². The van der Waals surface area contributed by atoms with E-state index < -0.39 is 11.6 Å². The van der Waals surface area contributed by atoms with Gasteiger partial charge in [0.05, 0.1) is 5.01 Å². The van der Waals surface area contributed by atoms with E-state index in [0.29, 0.717) is 30.8 Å². The Hall–Kier alpha value is -3.91. The van der Waals surface area contributed by atoms with Gasteiger partial charge in [-0.1, -0.05) is 54.6 Å². The molecular weight excluding hydrogens is 504 g/mol. The molecule has 38 heavy (non-hydrogen) atoms. The number of thiazole rings is 1. The zero-order valence-corrected chi connectivity index (χ0v) is 21.5. The van der Waals surface area contributed by atoms with Gasteiger partial charge in [0.1, 0.15) is 5.69 Å². The topological polar surface area (TPSA) is 62.3 Å². The van der Waals surface area contributed by atoms with E-state index in [9.17, 15) is 18.4 Å². The van der Waals surface area contributed by atoms with E-state index in [4.69, 9.17) is 0 Å². The molecular formula is C30H27F2N3O2S. The molecule has 8 heteroatoms. The zero-order valence-electron chi connectivity index (χ0n) is 20.7. The second kappa shape index (κ2) is 11.6. The van der Waals surface area contributed by atoms with Crippen LogP contribution in [-0.2, 0) is 11.2 Å². The molecule has 1 aliphatic heterocycles. The lowest BCUT2D eigenvalue weighted by Crippen LogP contribution is -2.38. The first-order valence-corrected chi connectivity index (χ1v) is 13.5. The first kappa shape index (κ1) is 25.7. The van der Waals surface area contributed by atoms with Gasteiger partial charge in [-0.3, -0.25) is 9.59 Å². The number of carbonyl (C=O) groups excluding carboxylic acids is 2. The summed E-state index contributed by atoms with van der Waals surface area (Å²) in [4.78, 5) is 32.1. The van der Waals surface area contributed by atoms with Gasteiger partial charge < -0.3 is 10.2 Å². The molecule has 5 rings (SSSR count). The Morgan fingerprint density at radius 3 is 2.45 bits per heavy atom. The van der Waals surface area contributed by atoms with Crippen LogP contribution in [0.15, 0.2) is 78.2 Å². The van der Waals surface area contributed by atoms with Crippen molar-refractivity contribution in [3.63, 3.8) is 0 Å². The van der Waals surface area contributed by atoms with Crippen molar-refractivity contribution in [2.24, 2.45) is 0 Å². The van der Waals surface area contributed by atoms with Crippen molar-refractivity contribution >= 4 is 28.8 Å². The van der Waals surface area contributed by atoms with E-state index in [1.807, 2.05) is 59.5 Å². The maximum atomic E-state index is 13.4. The van der Waals surface area contributed by atoms with Crippen molar-refractivity contribution in [1.29, 1.82) is 0 Å². The normalized spacial score (nSPS) is 13.9. The van der Waals surface area contributed by atoms with Crippen LogP contribution in [0, 0.1) is 11.6 Å². The van der Waals surface area contributed by atoms with Gasteiger partial charge in [0.2, 0.25) is 5.91 Å². The summed E-state index contributed by atoms with van der Waals surface area (Å²) in [6.07, 6.45) is 2.15. The second-order valence-corrected chi connectivity index (χ2v) is 10.2. The third-order valence-corrected chi connectivity index (χ3v) is 7.83. The molecule has 0 atom stereocenters. The summed E-state index contributed by atoms with van der Waals surface area (Å²) in [7, 11) is 0. The number of carbonyl (C=O) groups is 2. The van der Waals surface area contributed by atoms with Gasteiger partial charge in [-0.15, -0.1) is 11.3 Å². The predicted octanol–water partition coefficient (Wildman–Crippen LogP) is 6.68. The fraction of sp³-hybridized carbons (Fsp3) is 0.233. The van der Waals surface area contributed by atoms with E-state index in [1.54, 1.807) is 5.38 Å². The summed E-state index contributed by atoms with van der Waals surface area (Å²) in [6, 6.07) is 21.3. The first-order chi connectivity index (χ1) is 18.5. The van der Waals surface area contributed by atoms with Crippen molar-refractivity contribution in [3.8, 4) is 11.1 Å². The lowest BCUT2D eigenvalue weighted by molar-refractivity contribution is -0.132. The number of amides is 2. The van der Waals surface area contributed by atoms with Crippen LogP contribution in [-0.4, -0.2) is 34.8 Å². The highest BCUT2D eigenvalue weighted by Gasteiger charge is 2.26. The largest absolute Gasteiger partial charge is 0.343 e. The number of nitrogens with one attached hydrogen (secondary N) is 1. The number of hydrogen-bond acceptors (Lipinski definition) is 4. The van der Waals surface area contributed by atoms with Crippen LogP contribution in [0.5, 0.6) is 0 Å². The highest BCUT2D eigenvalue weighted by atomic mass is 32.1. The second-order valence-electron chi connectivity index (χ2n) is 9.34. The van der Waals surface area contributed by atoms with Crippen molar-refractivity contribution < 1.29 is 18.4 Å². The number of anilines is 1. The predicted molar refractivity (Wildman–Crippen MR) is 145 cm³/mol. The number of rotatable bonds is 7. The van der Waals surface area contributed by atoms with E-state index >= 15 is 0 Å². The van der Waals surface area contributed by atoms with Crippen LogP contribution in [0.1, 0.15) is 46.2 Å². The van der Waals surface area contributed by atoms with E-state index in [1.165, 1.54) is 17.4 Å². The molecule has 5 nitrogen and oxygen atoms in total. The summed E-state index contributed by atoms with van der Waals surface area (Å²) in [5.74, 6) is -1.84. The average Bonchev–Trinajstić information content (AvgIpc) is 3.45. The molecule has 0 aliphatic carbocycles. The van der Waals surface area contributed by atoms with E-state index in [0.717, 1.165) is 46.8 Å². The Bertz CT molecular complexity index is 1430. The van der Waals surface area contributed by atoms with Crippen LogP contribution < -0.4 is 5.32 Å². The maximum absolute atomic E-state index is 13.4. The molecule has 1 aliphatic rings. The van der Waals surface area contributed by atoms with Crippen LogP contribution in [0.25, 0.3) is 11.1 Å². The van der Waals surface area contributed by atoms with Crippen molar-refractivity contribution in [3.05, 3.63) is 106 Å². The number of nitrogens with zero attached hydrogens (tertiary/aromatic N) is 2. The fourth-order valence-electron chi connectivity index (χ4n) is 4.71. The Morgan fingerprint density at radius 2 is 1.68 bits per heavy atom. The number of para-hydroxylation sites is 1. The lowest BCUT2D eigenvalue weighted by atomic mass is 9.97. The number of hydrogen-bond donors (Lipinski definition) is 1. The monoisotopic (exact) mass is 531 g/mol. The Labute approximate surface area is 224 Å². The summed E-state index contributed by atoms with van der Waals surface area (Å²) in [5, 5.41) is 5.70. The van der Waals surface area contributed by atoms with Gasteiger partial charge in [0.15, 0.2) is 11.6 Å². The number of benzene rings is 3. The van der Waals surface area contributed by atoms with Gasteiger partial charge in [-0.05, 0) is 48.6 Å². The maximum Gasteiger partial charge on any atom is 0.275 e. The fourth-order valence-corrected chi connectivity index (χ4v) is 5.68. The van der Waals surface area contributed by atoms with Crippen molar-refractivity contribution in [2.75, 3.05) is 18.4 Å². The SMILES string of the molecule is O=C(Nc1ccccc1-c1ccccc1)c1csc(C2CCN(C(=O)CCc3ccc(F)c(F)c3)CC2)n1. The number of aromatic nitrogens is 1. The molecule has 1 saturated heterocycles. The van der Waals surface area contributed by atoms with Gasteiger partial charge >= 0.3 is 0 Å². The minimum atomic E-state index is -0.896. The molecule has 0 unspecified atom stereocenters. The Balaban J connectivity index is 1.15. The Morgan fingerprint density at radius 1 is 0.947 bits per heavy atom. The van der Waals surface area contributed by atoms with Crippen LogP contribution in [0.2, 0.25) is 0 Å². The van der Waals surface area contributed by atoms with Crippen molar-refractivity contribution in [2.45, 2.75) is 31.6 Å². The highest BCUT2D eigenvalue weighted by Crippen LogP contribution is 2.32. The lowest BCUT2D eigenvalue weighted by Gasteiger charge is -2.31. The third-order valence-electron chi connectivity index (χ3n) is 6.82. The van der Waals surface area contributed by atoms with Gasteiger partial charge in [0.25, 0.3) is 5.91 Å². The standard InChI is InChI=1S/C30H27F2N3O2S/c31-24-12-10-20(18-25(24)32)11-13-28(36)35-16-14-22(15-17-35)30-34-27(19-38-30)29(37)33-26-9-5-4-8-23(26)21-6-2-1-3-7-21/h1-10,12,18-19,22H,11,13-17H2,(H,33,37). The number of halogens is 2. The highest BCUT2D eigenvalue weighted by molar-refractivity contribution is 7.10. The first-order valence-electron chi connectivity index (χ1n) is 12.6. The average molecular weight is 532 g/mol. The minimum absolute atomic E-state index is 0.00414. The summed E-state index contributed by atoms with van der Waals surface area (Å²) in [6.45, 7) is 1.21. The van der Waals surface area contributed by atoms with Gasteiger partial charge in [0, 0.05) is 42.1 Å². The van der Waals surface area contributed by atoms with Crippen LogP contribution in [0.3, 0.4) is 0 Å². The molecule has 0 spiro atoms. The van der Waals surface area contributed by atoms with E-state index in [2.05, 4.69) is 10.3 Å². The minimum Gasteiger partial charge on any atom is -0.343 e. The molecule has 2 heterocycles. The summed E-state index contributed by atoms with van der Waals surface area (Å²) >= 11 is 1.47.